The van der Waals surface area contributed by atoms with Crippen LogP contribution in [0.3, 0.4) is 0 Å². The van der Waals surface area contributed by atoms with Gasteiger partial charge in [-0.3, -0.25) is 0 Å². The van der Waals surface area contributed by atoms with Crippen LogP contribution in [0.25, 0.3) is 86.7 Å². The van der Waals surface area contributed by atoms with Gasteiger partial charge in [-0.2, -0.15) is 0 Å². The average Bonchev–Trinajstić information content (AvgIpc) is 3.16. The Hall–Kier alpha value is -5.86. The second-order valence-corrected chi connectivity index (χ2v) is 11.5. The largest absolute Gasteiger partial charge is 0.354 e. The van der Waals surface area contributed by atoms with E-state index < -0.39 is 0 Å². The Labute approximate surface area is 253 Å². The van der Waals surface area contributed by atoms with E-state index in [4.69, 9.17) is 0 Å². The summed E-state index contributed by atoms with van der Waals surface area (Å²) in [6.45, 7) is 0. The lowest BCUT2D eigenvalue weighted by atomic mass is 9.99. The Morgan fingerprint density at radius 3 is 0.795 bits per heavy atom. The highest BCUT2D eigenvalue weighted by Crippen LogP contribution is 2.36. The molecule has 0 aliphatic rings. The Morgan fingerprint density at radius 2 is 0.455 bits per heavy atom. The number of aromatic amines is 2. The number of para-hydroxylation sites is 2. The van der Waals surface area contributed by atoms with Crippen LogP contribution >= 0.6 is 0 Å². The minimum absolute atomic E-state index is 1.07. The number of fused-ring (bicyclic) bond motifs is 14. The van der Waals surface area contributed by atoms with Crippen LogP contribution in [0.1, 0.15) is 0 Å². The van der Waals surface area contributed by atoms with E-state index in [-0.39, 0.29) is 0 Å². The fourth-order valence-corrected chi connectivity index (χ4v) is 7.01. The maximum atomic E-state index is 3.89. The van der Waals surface area contributed by atoms with Crippen molar-refractivity contribution < 1.29 is 0 Å². The topological polar surface area (TPSA) is 31.6 Å². The summed E-state index contributed by atoms with van der Waals surface area (Å²) in [5, 5.41) is 14.5. The molecule has 0 saturated carbocycles. The number of hydrogen-bond acceptors (Lipinski definition) is 0. The number of rotatable bonds is 0. The molecule has 9 rings (SSSR count). The van der Waals surface area contributed by atoms with Crippen LogP contribution in [0.15, 0.2) is 158 Å². The van der Waals surface area contributed by atoms with Crippen molar-refractivity contribution in [2.75, 3.05) is 0 Å². The standard InChI is InChI=1S/C42H28N2/c1-5-17-31-27(13-1)29-15-3-7-19-33(29)37-25-38-34-20-8-4-16-30(34)28-14-2-6-18-32(28)36-22-10-12-24-40(36)44-42(38)26-41(37)43-39-23-11-9-21-35(31)39/h1-26,43-44H. The Morgan fingerprint density at radius 1 is 0.205 bits per heavy atom. The van der Waals surface area contributed by atoms with E-state index in [1.54, 1.807) is 0 Å². The summed E-state index contributed by atoms with van der Waals surface area (Å²) in [6.07, 6.45) is 0. The first-order valence-corrected chi connectivity index (χ1v) is 15.1. The molecule has 0 amide bonds. The molecule has 2 heterocycles. The van der Waals surface area contributed by atoms with Crippen LogP contribution in [-0.4, -0.2) is 9.97 Å². The van der Waals surface area contributed by atoms with Gasteiger partial charge >= 0.3 is 0 Å². The first-order valence-electron chi connectivity index (χ1n) is 15.1. The summed E-state index contributed by atoms with van der Waals surface area (Å²) in [6, 6.07) is 57.1. The Kier molecular flexibility index (Phi) is 5.54. The molecule has 0 spiro atoms. The second-order valence-electron chi connectivity index (χ2n) is 11.5. The van der Waals surface area contributed by atoms with Gasteiger partial charge in [0.2, 0.25) is 0 Å². The van der Waals surface area contributed by atoms with E-state index in [1.807, 2.05) is 0 Å². The van der Waals surface area contributed by atoms with E-state index in [0.29, 0.717) is 0 Å². The number of benzene rings is 7. The first kappa shape index (κ1) is 24.7. The first-order chi connectivity index (χ1) is 21.8. The molecule has 0 radical (unpaired) electrons. The summed E-state index contributed by atoms with van der Waals surface area (Å²) in [5.41, 5.74) is 4.31. The smallest absolute Gasteiger partial charge is 0.0485 e. The minimum Gasteiger partial charge on any atom is -0.354 e. The fourth-order valence-electron chi connectivity index (χ4n) is 7.01. The lowest BCUT2D eigenvalue weighted by molar-refractivity contribution is 1.49. The molecule has 0 bridgehead atoms. The van der Waals surface area contributed by atoms with Gasteiger partial charge in [0.25, 0.3) is 0 Å². The molecule has 0 aliphatic heterocycles. The van der Waals surface area contributed by atoms with Crippen LogP contribution in [0, 0.1) is 0 Å². The van der Waals surface area contributed by atoms with Crippen LogP contribution in [-0.2, 0) is 0 Å². The summed E-state index contributed by atoms with van der Waals surface area (Å²) in [5.74, 6) is 0. The van der Waals surface area contributed by atoms with Crippen LogP contribution < -0.4 is 0 Å². The zero-order valence-corrected chi connectivity index (χ0v) is 24.0. The van der Waals surface area contributed by atoms with Crippen molar-refractivity contribution in [3.05, 3.63) is 158 Å². The predicted molar refractivity (Wildman–Crippen MR) is 190 cm³/mol. The molecule has 2 aromatic heterocycles. The second kappa shape index (κ2) is 9.86. The van der Waals surface area contributed by atoms with Crippen molar-refractivity contribution in [3.63, 3.8) is 0 Å². The van der Waals surface area contributed by atoms with E-state index in [2.05, 4.69) is 168 Å². The van der Waals surface area contributed by atoms with Gasteiger partial charge in [0, 0.05) is 43.6 Å². The van der Waals surface area contributed by atoms with Crippen molar-refractivity contribution in [1.82, 2.24) is 9.97 Å². The molecule has 9 aromatic rings. The highest BCUT2D eigenvalue weighted by Gasteiger charge is 2.10. The van der Waals surface area contributed by atoms with E-state index in [1.165, 1.54) is 64.6 Å². The van der Waals surface area contributed by atoms with Gasteiger partial charge in [0.05, 0.1) is 0 Å². The van der Waals surface area contributed by atoms with Crippen molar-refractivity contribution in [1.29, 1.82) is 0 Å². The van der Waals surface area contributed by atoms with E-state index >= 15 is 0 Å². The third kappa shape index (κ3) is 3.82. The van der Waals surface area contributed by atoms with Gasteiger partial charge < -0.3 is 9.97 Å². The van der Waals surface area contributed by atoms with Crippen LogP contribution in [0.4, 0.5) is 0 Å². The quantitative estimate of drug-likeness (QED) is 0.185. The fraction of sp³-hybridized carbons (Fsp3) is 0. The zero-order chi connectivity index (χ0) is 29.0. The normalized spacial score (nSPS) is 11.6. The lowest BCUT2D eigenvalue weighted by Crippen LogP contribution is -1.83. The highest BCUT2D eigenvalue weighted by molar-refractivity contribution is 6.23. The molecular weight excluding hydrogens is 532 g/mol. The summed E-state index contributed by atoms with van der Waals surface area (Å²) in [7, 11) is 0. The molecule has 2 nitrogen and oxygen atoms in total. The summed E-state index contributed by atoms with van der Waals surface area (Å²) >= 11 is 0. The molecule has 0 atom stereocenters. The summed E-state index contributed by atoms with van der Waals surface area (Å²) < 4.78 is 0. The lowest BCUT2D eigenvalue weighted by Gasteiger charge is -2.06. The maximum Gasteiger partial charge on any atom is 0.0485 e. The number of hydrogen-bond donors (Lipinski definition) is 2. The molecular formula is C42H28N2. The van der Waals surface area contributed by atoms with Crippen molar-refractivity contribution in [3.8, 4) is 0 Å². The Balaban J connectivity index is 1.65. The SMILES string of the molecule is c1ccc2c(c1)[nH]c1cc3[nH]c4ccccc4c4ccccc4c4ccccc4c3cc1c1ccccc1c1ccccc21. The van der Waals surface area contributed by atoms with Crippen molar-refractivity contribution in [2.45, 2.75) is 0 Å². The molecule has 7 aromatic carbocycles. The van der Waals surface area contributed by atoms with E-state index in [0.717, 1.165) is 22.1 Å². The number of aromatic nitrogens is 2. The molecule has 0 aliphatic carbocycles. The number of nitrogens with one attached hydrogen (secondary N) is 2. The van der Waals surface area contributed by atoms with Gasteiger partial charge in [-0.15, -0.1) is 0 Å². The van der Waals surface area contributed by atoms with Gasteiger partial charge in [0.1, 0.15) is 0 Å². The number of H-pyrrole nitrogens is 2. The van der Waals surface area contributed by atoms with Crippen molar-refractivity contribution >= 4 is 86.7 Å². The molecule has 2 heteroatoms. The maximum absolute atomic E-state index is 3.89. The van der Waals surface area contributed by atoms with Gasteiger partial charge in [0.15, 0.2) is 0 Å². The van der Waals surface area contributed by atoms with Crippen LogP contribution in [0.2, 0.25) is 0 Å². The molecule has 0 unspecified atom stereocenters. The Bertz CT molecular complexity index is 2540. The van der Waals surface area contributed by atoms with Gasteiger partial charge in [-0.25, -0.2) is 0 Å². The summed E-state index contributed by atoms with van der Waals surface area (Å²) in [4.78, 5) is 7.78. The minimum atomic E-state index is 1.07. The van der Waals surface area contributed by atoms with Gasteiger partial charge in [-0.1, -0.05) is 133 Å². The molecule has 206 valence electrons. The van der Waals surface area contributed by atoms with E-state index in [9.17, 15) is 0 Å². The monoisotopic (exact) mass is 560 g/mol. The molecule has 44 heavy (non-hydrogen) atoms. The van der Waals surface area contributed by atoms with Crippen molar-refractivity contribution in [2.24, 2.45) is 0 Å². The molecule has 0 saturated heterocycles. The third-order valence-electron chi connectivity index (χ3n) is 9.00. The van der Waals surface area contributed by atoms with Crippen LogP contribution in [0.5, 0.6) is 0 Å². The van der Waals surface area contributed by atoms with Gasteiger partial charge in [-0.05, 0) is 67.4 Å². The highest BCUT2D eigenvalue weighted by atomic mass is 14.7. The zero-order valence-electron chi connectivity index (χ0n) is 24.0. The molecule has 2 N–H and O–H groups in total. The molecule has 0 fully saturated rings. The average molecular weight is 561 g/mol. The predicted octanol–water partition coefficient (Wildman–Crippen LogP) is 11.8. The third-order valence-corrected chi connectivity index (χ3v) is 9.00.